The van der Waals surface area contributed by atoms with E-state index in [9.17, 15) is 4.79 Å². The van der Waals surface area contributed by atoms with E-state index >= 15 is 0 Å². The first kappa shape index (κ1) is 13.8. The average Bonchev–Trinajstić information content (AvgIpc) is 2.32. The lowest BCUT2D eigenvalue weighted by atomic mass is 10.1. The topological polar surface area (TPSA) is 38.3 Å². The standard InChI is InChI=1S/C13H18ClNO2/c1-3-13(16)15-8-7-10-9-11(14)5-6-12(10)17-4-2/h5-6,9H,3-4,7-8H2,1-2H3,(H,15,16). The van der Waals surface area contributed by atoms with Crippen molar-refractivity contribution >= 4 is 17.5 Å². The van der Waals surface area contributed by atoms with Crippen LogP contribution in [0.1, 0.15) is 25.8 Å². The molecule has 0 bridgehead atoms. The van der Waals surface area contributed by atoms with Gasteiger partial charge in [-0.15, -0.1) is 0 Å². The van der Waals surface area contributed by atoms with Crippen LogP contribution in [0.5, 0.6) is 5.75 Å². The van der Waals surface area contributed by atoms with Gasteiger partial charge in [0.25, 0.3) is 0 Å². The Morgan fingerprint density at radius 3 is 2.82 bits per heavy atom. The van der Waals surface area contributed by atoms with E-state index in [1.807, 2.05) is 26.0 Å². The first-order chi connectivity index (χ1) is 8.17. The highest BCUT2D eigenvalue weighted by molar-refractivity contribution is 6.30. The van der Waals surface area contributed by atoms with Crippen molar-refractivity contribution in [2.75, 3.05) is 13.2 Å². The Hall–Kier alpha value is -1.22. The summed E-state index contributed by atoms with van der Waals surface area (Å²) in [5.74, 6) is 0.896. The summed E-state index contributed by atoms with van der Waals surface area (Å²) in [6.45, 7) is 5.00. The molecule has 0 heterocycles. The monoisotopic (exact) mass is 255 g/mol. The number of benzene rings is 1. The molecule has 0 atom stereocenters. The van der Waals surface area contributed by atoms with Crippen molar-refractivity contribution in [3.63, 3.8) is 0 Å². The van der Waals surface area contributed by atoms with Gasteiger partial charge in [0, 0.05) is 18.0 Å². The molecular formula is C13H18ClNO2. The largest absolute Gasteiger partial charge is 0.494 e. The third kappa shape index (κ3) is 4.65. The molecule has 0 fully saturated rings. The van der Waals surface area contributed by atoms with Crippen LogP contribution in [0.25, 0.3) is 0 Å². The molecule has 0 saturated heterocycles. The van der Waals surface area contributed by atoms with E-state index in [0.29, 0.717) is 24.6 Å². The van der Waals surface area contributed by atoms with Crippen LogP contribution in [0.3, 0.4) is 0 Å². The minimum atomic E-state index is 0.0602. The van der Waals surface area contributed by atoms with Crippen LogP contribution >= 0.6 is 11.6 Å². The van der Waals surface area contributed by atoms with E-state index in [2.05, 4.69) is 5.32 Å². The molecule has 4 heteroatoms. The Kier molecular flexibility index (Phi) is 5.84. The fourth-order valence-electron chi connectivity index (χ4n) is 1.50. The predicted octanol–water partition coefficient (Wildman–Crippen LogP) is 2.81. The lowest BCUT2D eigenvalue weighted by Gasteiger charge is -2.11. The molecule has 0 aromatic heterocycles. The van der Waals surface area contributed by atoms with Crippen LogP contribution in [0.2, 0.25) is 5.02 Å². The first-order valence-electron chi connectivity index (χ1n) is 5.85. The highest BCUT2D eigenvalue weighted by Crippen LogP contribution is 2.23. The van der Waals surface area contributed by atoms with Gasteiger partial charge in [-0.1, -0.05) is 18.5 Å². The second-order valence-electron chi connectivity index (χ2n) is 3.64. The molecular weight excluding hydrogens is 238 g/mol. The first-order valence-corrected chi connectivity index (χ1v) is 6.23. The summed E-state index contributed by atoms with van der Waals surface area (Å²) < 4.78 is 5.50. The van der Waals surface area contributed by atoms with Gasteiger partial charge >= 0.3 is 0 Å². The molecule has 17 heavy (non-hydrogen) atoms. The molecule has 0 aliphatic rings. The van der Waals surface area contributed by atoms with Crippen LogP contribution in [0.15, 0.2) is 18.2 Å². The van der Waals surface area contributed by atoms with Crippen LogP contribution in [0.4, 0.5) is 0 Å². The number of hydrogen-bond acceptors (Lipinski definition) is 2. The van der Waals surface area contributed by atoms with Crippen molar-refractivity contribution < 1.29 is 9.53 Å². The quantitative estimate of drug-likeness (QED) is 0.849. The summed E-state index contributed by atoms with van der Waals surface area (Å²) >= 11 is 5.94. The number of carbonyl (C=O) groups excluding carboxylic acids is 1. The predicted molar refractivity (Wildman–Crippen MR) is 69.6 cm³/mol. The minimum absolute atomic E-state index is 0.0602. The minimum Gasteiger partial charge on any atom is -0.494 e. The summed E-state index contributed by atoms with van der Waals surface area (Å²) in [4.78, 5) is 11.1. The summed E-state index contributed by atoms with van der Waals surface area (Å²) in [5.41, 5.74) is 1.02. The van der Waals surface area contributed by atoms with Gasteiger partial charge in [-0.2, -0.15) is 0 Å². The zero-order chi connectivity index (χ0) is 12.7. The lowest BCUT2D eigenvalue weighted by molar-refractivity contribution is -0.120. The average molecular weight is 256 g/mol. The molecule has 1 N–H and O–H groups in total. The number of rotatable bonds is 6. The van der Waals surface area contributed by atoms with E-state index < -0.39 is 0 Å². The van der Waals surface area contributed by atoms with Crippen molar-refractivity contribution in [1.29, 1.82) is 0 Å². The van der Waals surface area contributed by atoms with Gasteiger partial charge in [0.2, 0.25) is 5.91 Å². The molecule has 94 valence electrons. The van der Waals surface area contributed by atoms with E-state index in [1.165, 1.54) is 0 Å². The second kappa shape index (κ2) is 7.17. The maximum atomic E-state index is 11.1. The van der Waals surface area contributed by atoms with E-state index in [0.717, 1.165) is 17.7 Å². The summed E-state index contributed by atoms with van der Waals surface area (Å²) in [7, 11) is 0. The molecule has 1 rings (SSSR count). The van der Waals surface area contributed by atoms with E-state index in [-0.39, 0.29) is 5.91 Å². The van der Waals surface area contributed by atoms with Gasteiger partial charge < -0.3 is 10.1 Å². The Morgan fingerprint density at radius 1 is 1.41 bits per heavy atom. The van der Waals surface area contributed by atoms with Gasteiger partial charge in [-0.25, -0.2) is 0 Å². The summed E-state index contributed by atoms with van der Waals surface area (Å²) in [6, 6.07) is 5.55. The number of carbonyl (C=O) groups is 1. The second-order valence-corrected chi connectivity index (χ2v) is 4.07. The highest BCUT2D eigenvalue weighted by Gasteiger charge is 2.05. The maximum Gasteiger partial charge on any atom is 0.219 e. The maximum absolute atomic E-state index is 11.1. The summed E-state index contributed by atoms with van der Waals surface area (Å²) in [6.07, 6.45) is 1.23. The molecule has 0 radical (unpaired) electrons. The van der Waals surface area contributed by atoms with Crippen molar-refractivity contribution in [3.8, 4) is 5.75 Å². The van der Waals surface area contributed by atoms with Crippen LogP contribution < -0.4 is 10.1 Å². The number of amides is 1. The van der Waals surface area contributed by atoms with E-state index in [4.69, 9.17) is 16.3 Å². The molecule has 0 saturated carbocycles. The third-order valence-corrected chi connectivity index (χ3v) is 2.60. The van der Waals surface area contributed by atoms with Gasteiger partial charge in [0.1, 0.15) is 5.75 Å². The number of ether oxygens (including phenoxy) is 1. The SMILES string of the molecule is CCOc1ccc(Cl)cc1CCNC(=O)CC. The Bertz CT molecular complexity index is 380. The Labute approximate surface area is 107 Å². The van der Waals surface area contributed by atoms with Crippen molar-refractivity contribution in [3.05, 3.63) is 28.8 Å². The highest BCUT2D eigenvalue weighted by atomic mass is 35.5. The third-order valence-electron chi connectivity index (χ3n) is 2.36. The normalized spacial score (nSPS) is 10.1. The molecule has 0 aliphatic heterocycles. The van der Waals surface area contributed by atoms with Gasteiger partial charge in [-0.05, 0) is 37.1 Å². The molecule has 1 aromatic rings. The molecule has 0 aliphatic carbocycles. The Balaban J connectivity index is 2.61. The van der Waals surface area contributed by atoms with Crippen LogP contribution in [-0.4, -0.2) is 19.1 Å². The fourth-order valence-corrected chi connectivity index (χ4v) is 1.70. The number of hydrogen-bond donors (Lipinski definition) is 1. The van der Waals surface area contributed by atoms with Crippen molar-refractivity contribution in [1.82, 2.24) is 5.32 Å². The van der Waals surface area contributed by atoms with Crippen molar-refractivity contribution in [2.24, 2.45) is 0 Å². The fraction of sp³-hybridized carbons (Fsp3) is 0.462. The molecule has 1 amide bonds. The number of halogens is 1. The number of nitrogens with one attached hydrogen (secondary N) is 1. The lowest BCUT2D eigenvalue weighted by Crippen LogP contribution is -2.24. The van der Waals surface area contributed by atoms with Gasteiger partial charge in [0.05, 0.1) is 6.61 Å². The molecule has 1 aromatic carbocycles. The smallest absolute Gasteiger partial charge is 0.219 e. The molecule has 0 unspecified atom stereocenters. The van der Waals surface area contributed by atoms with Crippen molar-refractivity contribution in [2.45, 2.75) is 26.7 Å². The van der Waals surface area contributed by atoms with Crippen LogP contribution in [0, 0.1) is 0 Å². The van der Waals surface area contributed by atoms with Gasteiger partial charge in [-0.3, -0.25) is 4.79 Å². The van der Waals surface area contributed by atoms with Gasteiger partial charge in [0.15, 0.2) is 0 Å². The Morgan fingerprint density at radius 2 is 2.18 bits per heavy atom. The zero-order valence-electron chi connectivity index (χ0n) is 10.3. The van der Waals surface area contributed by atoms with E-state index in [1.54, 1.807) is 6.07 Å². The molecule has 0 spiro atoms. The van der Waals surface area contributed by atoms with Crippen LogP contribution in [-0.2, 0) is 11.2 Å². The molecule has 3 nitrogen and oxygen atoms in total. The summed E-state index contributed by atoms with van der Waals surface area (Å²) in [5, 5.41) is 3.52. The zero-order valence-corrected chi connectivity index (χ0v) is 11.0.